The van der Waals surface area contributed by atoms with Crippen LogP contribution >= 0.6 is 0 Å². The lowest BCUT2D eigenvalue weighted by molar-refractivity contribution is -0.393. The molecule has 9 nitrogen and oxygen atoms in total. The maximum Gasteiger partial charge on any atom is 0.301 e. The van der Waals surface area contributed by atoms with E-state index in [9.17, 15) is 25.3 Å². The fraction of sp³-hybridized carbons (Fsp3) is 0. The summed E-state index contributed by atoms with van der Waals surface area (Å²) < 4.78 is 0. The SMILES string of the molecule is O=[N+]([O-])c1ccc(NN=C(c2ccccc2)c2ccc(O)cc2)c([N+](=O)[O-])c1. The van der Waals surface area contributed by atoms with Crippen LogP contribution in [-0.2, 0) is 0 Å². The molecule has 0 aliphatic carbocycles. The van der Waals surface area contributed by atoms with Gasteiger partial charge in [0.05, 0.1) is 21.6 Å². The molecule has 0 spiro atoms. The van der Waals surface area contributed by atoms with Gasteiger partial charge in [-0.3, -0.25) is 25.7 Å². The number of non-ortho nitro benzene ring substituents is 1. The maximum absolute atomic E-state index is 11.3. The molecule has 0 unspecified atom stereocenters. The molecule has 0 atom stereocenters. The zero-order valence-electron chi connectivity index (χ0n) is 14.4. The second kappa shape index (κ2) is 7.96. The Morgan fingerprint density at radius 2 is 1.50 bits per heavy atom. The maximum atomic E-state index is 11.3. The molecule has 0 saturated carbocycles. The molecule has 9 heteroatoms. The molecule has 0 heterocycles. The van der Waals surface area contributed by atoms with Crippen molar-refractivity contribution in [1.29, 1.82) is 0 Å². The lowest BCUT2D eigenvalue weighted by Crippen LogP contribution is -2.07. The Balaban J connectivity index is 2.04. The van der Waals surface area contributed by atoms with Crippen LogP contribution in [0.25, 0.3) is 0 Å². The van der Waals surface area contributed by atoms with E-state index in [-0.39, 0.29) is 17.1 Å². The molecule has 3 aromatic carbocycles. The number of phenols is 1. The van der Waals surface area contributed by atoms with Crippen molar-refractivity contribution in [3.8, 4) is 5.75 Å². The molecular weight excluding hydrogens is 364 g/mol. The Kier molecular flexibility index (Phi) is 5.26. The van der Waals surface area contributed by atoms with Crippen molar-refractivity contribution in [2.75, 3.05) is 5.43 Å². The molecular formula is C19H14N4O5. The molecule has 28 heavy (non-hydrogen) atoms. The van der Waals surface area contributed by atoms with Crippen LogP contribution in [0.2, 0.25) is 0 Å². The minimum absolute atomic E-state index is 0.0165. The predicted molar refractivity (Wildman–Crippen MR) is 104 cm³/mol. The minimum Gasteiger partial charge on any atom is -0.508 e. The Morgan fingerprint density at radius 1 is 0.857 bits per heavy atom. The summed E-state index contributed by atoms with van der Waals surface area (Å²) in [7, 11) is 0. The Bertz CT molecular complexity index is 1050. The van der Waals surface area contributed by atoms with Crippen molar-refractivity contribution in [2.24, 2.45) is 5.10 Å². The number of hydrazone groups is 1. The molecule has 0 aliphatic rings. The first kappa shape index (κ1) is 18.5. The van der Waals surface area contributed by atoms with Crippen molar-refractivity contribution in [1.82, 2.24) is 0 Å². The largest absolute Gasteiger partial charge is 0.508 e. The average molecular weight is 378 g/mol. The number of phenolic OH excluding ortho intramolecular Hbond substituents is 1. The number of nitrogens with zero attached hydrogens (tertiary/aromatic N) is 3. The van der Waals surface area contributed by atoms with E-state index in [1.807, 2.05) is 30.3 Å². The second-order valence-corrected chi connectivity index (χ2v) is 5.70. The van der Waals surface area contributed by atoms with Gasteiger partial charge in [-0.2, -0.15) is 5.10 Å². The minimum atomic E-state index is -0.715. The predicted octanol–water partition coefficient (Wildman–Crippen LogP) is 4.07. The van der Waals surface area contributed by atoms with E-state index >= 15 is 0 Å². The first-order valence-electron chi connectivity index (χ1n) is 8.07. The summed E-state index contributed by atoms with van der Waals surface area (Å²) in [5.41, 5.74) is 3.69. The van der Waals surface area contributed by atoms with Crippen molar-refractivity contribution in [2.45, 2.75) is 0 Å². The molecule has 0 aromatic heterocycles. The van der Waals surface area contributed by atoms with Crippen LogP contribution in [0.1, 0.15) is 11.1 Å². The van der Waals surface area contributed by atoms with Gasteiger partial charge in [0.15, 0.2) is 0 Å². The average Bonchev–Trinajstić information content (AvgIpc) is 2.70. The first-order valence-corrected chi connectivity index (χ1v) is 8.07. The molecule has 0 bridgehead atoms. The zero-order valence-corrected chi connectivity index (χ0v) is 14.4. The number of anilines is 1. The molecule has 0 saturated heterocycles. The van der Waals surface area contributed by atoms with Gasteiger partial charge in [-0.15, -0.1) is 0 Å². The van der Waals surface area contributed by atoms with E-state index < -0.39 is 15.5 Å². The number of nitro benzene ring substituents is 2. The number of nitrogens with one attached hydrogen (secondary N) is 1. The molecule has 3 rings (SSSR count). The van der Waals surface area contributed by atoms with Crippen molar-refractivity contribution in [3.63, 3.8) is 0 Å². The van der Waals surface area contributed by atoms with Gasteiger partial charge in [-0.05, 0) is 30.3 Å². The fourth-order valence-corrected chi connectivity index (χ4v) is 2.51. The molecule has 2 N–H and O–H groups in total. The molecule has 140 valence electrons. The van der Waals surface area contributed by atoms with Gasteiger partial charge in [0, 0.05) is 17.2 Å². The van der Waals surface area contributed by atoms with Gasteiger partial charge >= 0.3 is 5.69 Å². The van der Waals surface area contributed by atoms with E-state index in [0.29, 0.717) is 11.3 Å². The molecule has 0 aliphatic heterocycles. The Hall–Kier alpha value is -4.27. The standard InChI is InChI=1S/C19H14N4O5/c24-16-9-6-14(7-10-16)19(13-4-2-1-3-5-13)21-20-17-11-8-15(22(25)26)12-18(17)23(27)28/h1-12,20,24H. The number of benzene rings is 3. The Labute approximate surface area is 158 Å². The third-order valence-corrected chi connectivity index (χ3v) is 3.86. The van der Waals surface area contributed by atoms with Gasteiger partial charge in [0.1, 0.15) is 11.4 Å². The number of hydrogen-bond acceptors (Lipinski definition) is 7. The summed E-state index contributed by atoms with van der Waals surface area (Å²) in [6.45, 7) is 0. The first-order chi connectivity index (χ1) is 13.5. The third kappa shape index (κ3) is 4.10. The van der Waals surface area contributed by atoms with Gasteiger partial charge < -0.3 is 5.11 Å². The molecule has 0 amide bonds. The number of hydrogen-bond donors (Lipinski definition) is 2. The highest BCUT2D eigenvalue weighted by molar-refractivity contribution is 6.13. The van der Waals surface area contributed by atoms with Gasteiger partial charge in [-0.25, -0.2) is 0 Å². The van der Waals surface area contributed by atoms with E-state index in [1.54, 1.807) is 12.1 Å². The number of aromatic hydroxyl groups is 1. The van der Waals surface area contributed by atoms with Crippen molar-refractivity contribution < 1.29 is 15.0 Å². The highest BCUT2D eigenvalue weighted by Crippen LogP contribution is 2.29. The summed E-state index contributed by atoms with van der Waals surface area (Å²) in [6.07, 6.45) is 0. The van der Waals surface area contributed by atoms with Crippen LogP contribution in [-0.4, -0.2) is 20.7 Å². The Morgan fingerprint density at radius 3 is 2.11 bits per heavy atom. The summed E-state index contributed by atoms with van der Waals surface area (Å²) in [5.74, 6) is 0.0927. The van der Waals surface area contributed by atoms with Crippen LogP contribution in [0.5, 0.6) is 5.75 Å². The summed E-state index contributed by atoms with van der Waals surface area (Å²) in [5, 5.41) is 35.9. The quantitative estimate of drug-likeness (QED) is 0.377. The summed E-state index contributed by atoms with van der Waals surface area (Å²) in [6, 6.07) is 18.7. The van der Waals surface area contributed by atoms with Crippen LogP contribution in [0.4, 0.5) is 17.1 Å². The number of rotatable bonds is 6. The molecule has 3 aromatic rings. The van der Waals surface area contributed by atoms with E-state index in [2.05, 4.69) is 10.5 Å². The van der Waals surface area contributed by atoms with Gasteiger partial charge in [0.2, 0.25) is 0 Å². The second-order valence-electron chi connectivity index (χ2n) is 5.70. The number of nitro groups is 2. The van der Waals surface area contributed by atoms with Gasteiger partial charge in [-0.1, -0.05) is 30.3 Å². The van der Waals surface area contributed by atoms with Crippen molar-refractivity contribution in [3.05, 3.63) is 104 Å². The third-order valence-electron chi connectivity index (χ3n) is 3.86. The van der Waals surface area contributed by atoms with E-state index in [0.717, 1.165) is 17.7 Å². The molecule has 0 fully saturated rings. The van der Waals surface area contributed by atoms with Gasteiger partial charge in [0.25, 0.3) is 5.69 Å². The smallest absolute Gasteiger partial charge is 0.301 e. The van der Waals surface area contributed by atoms with Crippen LogP contribution in [0, 0.1) is 20.2 Å². The lowest BCUT2D eigenvalue weighted by atomic mass is 10.0. The van der Waals surface area contributed by atoms with Crippen LogP contribution < -0.4 is 5.43 Å². The topological polar surface area (TPSA) is 131 Å². The lowest BCUT2D eigenvalue weighted by Gasteiger charge is -2.09. The van der Waals surface area contributed by atoms with Crippen LogP contribution in [0.15, 0.2) is 77.9 Å². The van der Waals surface area contributed by atoms with Crippen LogP contribution in [0.3, 0.4) is 0 Å². The highest BCUT2D eigenvalue weighted by Gasteiger charge is 2.19. The van der Waals surface area contributed by atoms with E-state index in [1.165, 1.54) is 18.2 Å². The van der Waals surface area contributed by atoms with Crippen molar-refractivity contribution >= 4 is 22.8 Å². The molecule has 0 radical (unpaired) electrons. The summed E-state index contributed by atoms with van der Waals surface area (Å²) in [4.78, 5) is 20.7. The summed E-state index contributed by atoms with van der Waals surface area (Å²) >= 11 is 0. The fourth-order valence-electron chi connectivity index (χ4n) is 2.51. The zero-order chi connectivity index (χ0) is 20.1. The normalized spacial score (nSPS) is 11.1. The highest BCUT2D eigenvalue weighted by atomic mass is 16.6. The van der Waals surface area contributed by atoms with E-state index in [4.69, 9.17) is 0 Å². The monoisotopic (exact) mass is 378 g/mol.